The summed E-state index contributed by atoms with van der Waals surface area (Å²) in [6.07, 6.45) is 6.44. The Hall–Kier alpha value is -1.31. The van der Waals surface area contributed by atoms with E-state index < -0.39 is 0 Å². The quantitative estimate of drug-likeness (QED) is 0.665. The first kappa shape index (κ1) is 16.1. The molecule has 0 spiro atoms. The van der Waals surface area contributed by atoms with Gasteiger partial charge in [0.2, 0.25) is 0 Å². The van der Waals surface area contributed by atoms with E-state index in [9.17, 15) is 4.79 Å². The van der Waals surface area contributed by atoms with Crippen molar-refractivity contribution in [1.82, 2.24) is 5.32 Å². The number of rotatable bonds is 3. The molecule has 1 amide bonds. The fraction of sp³-hybridized carbons (Fsp3) is 0.588. The molecule has 4 heteroatoms. The van der Waals surface area contributed by atoms with E-state index in [1.54, 1.807) is 0 Å². The highest BCUT2D eigenvalue weighted by molar-refractivity contribution is 7.12. The predicted octanol–water partition coefficient (Wildman–Crippen LogP) is 3.18. The van der Waals surface area contributed by atoms with E-state index >= 15 is 0 Å². The molecule has 21 heavy (non-hydrogen) atoms. The number of amides is 1. The zero-order chi connectivity index (χ0) is 15.1. The summed E-state index contributed by atoms with van der Waals surface area (Å²) in [6.45, 7) is 2.28. The van der Waals surface area contributed by atoms with Crippen molar-refractivity contribution >= 4 is 17.2 Å². The van der Waals surface area contributed by atoms with Crippen molar-refractivity contribution in [2.24, 2.45) is 5.92 Å². The first-order chi connectivity index (χ1) is 10.2. The SMILES string of the molecule is CC1CCCCCC1NC(=O)c1sccc1C#CCCO. The Balaban J connectivity index is 2.03. The number of hydrogen-bond donors (Lipinski definition) is 2. The second kappa shape index (κ2) is 8.21. The number of aliphatic hydroxyl groups is 1. The summed E-state index contributed by atoms with van der Waals surface area (Å²) in [5, 5.41) is 13.9. The second-order valence-electron chi connectivity index (χ2n) is 5.63. The van der Waals surface area contributed by atoms with Gasteiger partial charge in [0.05, 0.1) is 6.61 Å². The summed E-state index contributed by atoms with van der Waals surface area (Å²) in [4.78, 5) is 13.2. The van der Waals surface area contributed by atoms with Gasteiger partial charge in [0.1, 0.15) is 4.88 Å². The summed E-state index contributed by atoms with van der Waals surface area (Å²) in [6, 6.07) is 2.15. The lowest BCUT2D eigenvalue weighted by Crippen LogP contribution is -2.38. The van der Waals surface area contributed by atoms with Crippen molar-refractivity contribution in [3.8, 4) is 11.8 Å². The molecule has 2 N–H and O–H groups in total. The molecular weight excluding hydrogens is 282 g/mol. The van der Waals surface area contributed by atoms with Gasteiger partial charge in [0, 0.05) is 18.0 Å². The van der Waals surface area contributed by atoms with Crippen LogP contribution in [0.1, 0.15) is 60.7 Å². The number of hydrogen-bond acceptors (Lipinski definition) is 3. The maximum atomic E-state index is 12.5. The minimum Gasteiger partial charge on any atom is -0.395 e. The maximum absolute atomic E-state index is 12.5. The molecule has 1 aromatic rings. The second-order valence-corrected chi connectivity index (χ2v) is 6.55. The van der Waals surface area contributed by atoms with E-state index in [2.05, 4.69) is 24.1 Å². The average Bonchev–Trinajstić information content (AvgIpc) is 2.85. The van der Waals surface area contributed by atoms with Gasteiger partial charge in [-0.1, -0.05) is 38.0 Å². The molecule has 1 aromatic heterocycles. The van der Waals surface area contributed by atoms with Gasteiger partial charge in [-0.15, -0.1) is 11.3 Å². The van der Waals surface area contributed by atoms with E-state index in [0.717, 1.165) is 12.0 Å². The topological polar surface area (TPSA) is 49.3 Å². The van der Waals surface area contributed by atoms with Crippen LogP contribution in [0.4, 0.5) is 0 Å². The lowest BCUT2D eigenvalue weighted by molar-refractivity contribution is 0.0925. The highest BCUT2D eigenvalue weighted by Crippen LogP contribution is 2.24. The molecule has 0 radical (unpaired) electrons. The number of aliphatic hydroxyl groups excluding tert-OH is 1. The summed E-state index contributed by atoms with van der Waals surface area (Å²) in [7, 11) is 0. The number of thiophene rings is 1. The molecule has 0 bridgehead atoms. The van der Waals surface area contributed by atoms with Gasteiger partial charge in [-0.25, -0.2) is 0 Å². The largest absolute Gasteiger partial charge is 0.395 e. The van der Waals surface area contributed by atoms with Gasteiger partial charge < -0.3 is 10.4 Å². The first-order valence-corrected chi connectivity index (χ1v) is 8.58. The van der Waals surface area contributed by atoms with Gasteiger partial charge in [-0.05, 0) is 30.2 Å². The van der Waals surface area contributed by atoms with Crippen LogP contribution < -0.4 is 5.32 Å². The Kier molecular flexibility index (Phi) is 6.28. The third-order valence-corrected chi connectivity index (χ3v) is 4.92. The van der Waals surface area contributed by atoms with E-state index in [0.29, 0.717) is 17.2 Å². The summed E-state index contributed by atoms with van der Waals surface area (Å²) >= 11 is 1.43. The lowest BCUT2D eigenvalue weighted by Gasteiger charge is -2.22. The minimum atomic E-state index is -0.00273. The number of carbonyl (C=O) groups excluding carboxylic acids is 1. The van der Waals surface area contributed by atoms with Gasteiger partial charge in [0.15, 0.2) is 0 Å². The van der Waals surface area contributed by atoms with Crippen LogP contribution in [0.15, 0.2) is 11.4 Å². The van der Waals surface area contributed by atoms with Crippen LogP contribution >= 0.6 is 11.3 Å². The lowest BCUT2D eigenvalue weighted by atomic mass is 9.97. The van der Waals surface area contributed by atoms with Crippen LogP contribution in [0, 0.1) is 17.8 Å². The highest BCUT2D eigenvalue weighted by Gasteiger charge is 2.23. The van der Waals surface area contributed by atoms with Crippen LogP contribution in [0.5, 0.6) is 0 Å². The fourth-order valence-corrected chi connectivity index (χ4v) is 3.49. The van der Waals surface area contributed by atoms with Gasteiger partial charge in [-0.3, -0.25) is 4.79 Å². The molecule has 3 nitrogen and oxygen atoms in total. The molecule has 2 rings (SSSR count). The van der Waals surface area contributed by atoms with Crippen LogP contribution in [0.3, 0.4) is 0 Å². The predicted molar refractivity (Wildman–Crippen MR) is 86.4 cm³/mol. The Morgan fingerprint density at radius 3 is 3.05 bits per heavy atom. The summed E-state index contributed by atoms with van der Waals surface area (Å²) < 4.78 is 0. The van der Waals surface area contributed by atoms with Crippen molar-refractivity contribution in [2.45, 2.75) is 51.5 Å². The van der Waals surface area contributed by atoms with Crippen molar-refractivity contribution in [2.75, 3.05) is 6.61 Å². The average molecular weight is 305 g/mol. The van der Waals surface area contributed by atoms with E-state index in [1.807, 2.05) is 11.4 Å². The zero-order valence-electron chi connectivity index (χ0n) is 12.5. The Labute approximate surface area is 130 Å². The van der Waals surface area contributed by atoms with Crippen LogP contribution in [-0.4, -0.2) is 23.7 Å². The minimum absolute atomic E-state index is 0.00273. The van der Waals surface area contributed by atoms with E-state index in [4.69, 9.17) is 5.11 Å². The molecule has 1 heterocycles. The number of nitrogens with one attached hydrogen (secondary N) is 1. The van der Waals surface area contributed by atoms with E-state index in [1.165, 1.54) is 37.0 Å². The summed E-state index contributed by atoms with van der Waals surface area (Å²) in [5.74, 6) is 6.40. The molecule has 2 unspecified atom stereocenters. The van der Waals surface area contributed by atoms with Crippen LogP contribution in [-0.2, 0) is 0 Å². The third-order valence-electron chi connectivity index (χ3n) is 4.01. The van der Waals surface area contributed by atoms with E-state index in [-0.39, 0.29) is 18.6 Å². The first-order valence-electron chi connectivity index (χ1n) is 7.70. The molecule has 114 valence electrons. The zero-order valence-corrected chi connectivity index (χ0v) is 13.3. The van der Waals surface area contributed by atoms with Gasteiger partial charge in [0.25, 0.3) is 5.91 Å². The number of carbonyl (C=O) groups is 1. The van der Waals surface area contributed by atoms with Crippen LogP contribution in [0.2, 0.25) is 0 Å². The molecule has 0 aromatic carbocycles. The summed E-state index contributed by atoms with van der Waals surface area (Å²) in [5.41, 5.74) is 0.771. The molecule has 1 aliphatic rings. The molecule has 1 fully saturated rings. The monoisotopic (exact) mass is 305 g/mol. The Morgan fingerprint density at radius 2 is 2.24 bits per heavy atom. The Bertz CT molecular complexity index is 526. The van der Waals surface area contributed by atoms with Gasteiger partial charge >= 0.3 is 0 Å². The third kappa shape index (κ3) is 4.59. The molecular formula is C17H23NO2S. The molecule has 0 saturated heterocycles. The van der Waals surface area contributed by atoms with Crippen LogP contribution in [0.25, 0.3) is 0 Å². The Morgan fingerprint density at radius 1 is 1.43 bits per heavy atom. The fourth-order valence-electron chi connectivity index (χ4n) is 2.74. The maximum Gasteiger partial charge on any atom is 0.262 e. The molecule has 1 aliphatic carbocycles. The van der Waals surface area contributed by atoms with Crippen molar-refractivity contribution in [3.63, 3.8) is 0 Å². The highest BCUT2D eigenvalue weighted by atomic mass is 32.1. The van der Waals surface area contributed by atoms with Crippen molar-refractivity contribution < 1.29 is 9.90 Å². The molecule has 2 atom stereocenters. The normalized spacial score (nSPS) is 22.0. The standard InChI is InChI=1S/C17H23NO2S/c1-13-7-3-2-4-9-15(13)18-17(20)16-14(10-12-21-16)8-5-6-11-19/h10,12-13,15,19H,2-4,6-7,9,11H2,1H3,(H,18,20). The molecule has 1 saturated carbocycles. The molecule has 0 aliphatic heterocycles. The smallest absolute Gasteiger partial charge is 0.262 e. The van der Waals surface area contributed by atoms with Crippen molar-refractivity contribution in [3.05, 3.63) is 21.9 Å². The van der Waals surface area contributed by atoms with Crippen molar-refractivity contribution in [1.29, 1.82) is 0 Å². The van der Waals surface area contributed by atoms with Gasteiger partial charge in [-0.2, -0.15) is 0 Å².